The molecule has 3 aromatic rings. The Balaban J connectivity index is 2.03. The molecule has 0 aliphatic rings. The lowest BCUT2D eigenvalue weighted by molar-refractivity contribution is -0.123. The van der Waals surface area contributed by atoms with E-state index in [1.54, 1.807) is 42.5 Å². The molecule has 7 nitrogen and oxygen atoms in total. The van der Waals surface area contributed by atoms with E-state index in [4.69, 9.17) is 25.8 Å². The summed E-state index contributed by atoms with van der Waals surface area (Å²) in [6.07, 6.45) is -1.14. The van der Waals surface area contributed by atoms with Crippen LogP contribution in [0.5, 0.6) is 17.2 Å². The molecule has 1 amide bonds. The van der Waals surface area contributed by atoms with Crippen LogP contribution in [0, 0.1) is 0 Å². The Bertz CT molecular complexity index is 1200. The van der Waals surface area contributed by atoms with Gasteiger partial charge in [0.1, 0.15) is 17.2 Å². The number of carbonyl (C=O) groups excluding carboxylic acids is 1. The molecule has 1 unspecified atom stereocenters. The molecular formula is C23H22ClNO6S. The van der Waals surface area contributed by atoms with E-state index in [0.29, 0.717) is 21.6 Å². The van der Waals surface area contributed by atoms with E-state index < -0.39 is 22.0 Å². The monoisotopic (exact) mass is 475 g/mol. The van der Waals surface area contributed by atoms with Crippen molar-refractivity contribution < 1.29 is 27.4 Å². The summed E-state index contributed by atoms with van der Waals surface area (Å²) in [5.74, 6) is 0.450. The van der Waals surface area contributed by atoms with Gasteiger partial charge in [0.2, 0.25) is 0 Å². The van der Waals surface area contributed by atoms with E-state index in [2.05, 4.69) is 0 Å². The van der Waals surface area contributed by atoms with Gasteiger partial charge in [-0.15, -0.1) is 0 Å². The summed E-state index contributed by atoms with van der Waals surface area (Å²) < 4.78 is 43.6. The Kier molecular flexibility index (Phi) is 7.27. The summed E-state index contributed by atoms with van der Waals surface area (Å²) in [6, 6.07) is 18.6. The molecule has 0 spiro atoms. The highest BCUT2D eigenvalue weighted by Gasteiger charge is 2.35. The van der Waals surface area contributed by atoms with Crippen LogP contribution in [0.3, 0.4) is 0 Å². The molecule has 0 aromatic heterocycles. The van der Waals surface area contributed by atoms with Crippen LogP contribution < -0.4 is 18.5 Å². The number of benzene rings is 3. The van der Waals surface area contributed by atoms with Gasteiger partial charge in [-0.1, -0.05) is 35.9 Å². The molecule has 0 aliphatic heterocycles. The number of carbonyl (C=O) groups is 1. The lowest BCUT2D eigenvalue weighted by atomic mass is 10.2. The van der Waals surface area contributed by atoms with Crippen LogP contribution in [-0.2, 0) is 14.8 Å². The van der Waals surface area contributed by atoms with Gasteiger partial charge in [-0.2, -0.15) is 4.31 Å². The maximum absolute atomic E-state index is 13.5. The van der Waals surface area contributed by atoms with E-state index in [0.717, 1.165) is 0 Å². The van der Waals surface area contributed by atoms with E-state index in [1.807, 2.05) is 0 Å². The molecule has 1 atom stereocenters. The topological polar surface area (TPSA) is 82.1 Å². The fourth-order valence-electron chi connectivity index (χ4n) is 2.96. The number of amides is 1. The van der Waals surface area contributed by atoms with Gasteiger partial charge in [0.15, 0.2) is 6.10 Å². The number of sulfonamides is 1. The molecule has 32 heavy (non-hydrogen) atoms. The van der Waals surface area contributed by atoms with Crippen molar-refractivity contribution in [3.05, 3.63) is 77.8 Å². The van der Waals surface area contributed by atoms with Crippen molar-refractivity contribution in [2.75, 3.05) is 18.5 Å². The van der Waals surface area contributed by atoms with Gasteiger partial charge in [-0.05, 0) is 49.4 Å². The van der Waals surface area contributed by atoms with Crippen molar-refractivity contribution in [2.45, 2.75) is 17.9 Å². The maximum atomic E-state index is 13.5. The van der Waals surface area contributed by atoms with Crippen molar-refractivity contribution in [2.24, 2.45) is 0 Å². The number of hydrogen-bond donors (Lipinski definition) is 0. The predicted molar refractivity (Wildman–Crippen MR) is 122 cm³/mol. The van der Waals surface area contributed by atoms with Crippen LogP contribution in [0.2, 0.25) is 5.02 Å². The van der Waals surface area contributed by atoms with Crippen LogP contribution in [0.4, 0.5) is 5.69 Å². The van der Waals surface area contributed by atoms with Crippen LogP contribution in [0.25, 0.3) is 0 Å². The van der Waals surface area contributed by atoms with Gasteiger partial charge in [0.25, 0.3) is 15.9 Å². The van der Waals surface area contributed by atoms with E-state index in [-0.39, 0.29) is 15.6 Å². The zero-order chi connectivity index (χ0) is 23.3. The number of rotatable bonds is 8. The lowest BCUT2D eigenvalue weighted by Crippen LogP contribution is -2.44. The molecule has 0 N–H and O–H groups in total. The molecule has 0 fully saturated rings. The third-order valence-electron chi connectivity index (χ3n) is 4.55. The van der Waals surface area contributed by atoms with Gasteiger partial charge in [-0.25, -0.2) is 8.42 Å². The molecule has 0 saturated carbocycles. The number of anilines is 1. The zero-order valence-electron chi connectivity index (χ0n) is 17.7. The Morgan fingerprint density at radius 2 is 1.59 bits per heavy atom. The van der Waals surface area contributed by atoms with Gasteiger partial charge in [0, 0.05) is 6.07 Å². The zero-order valence-corrected chi connectivity index (χ0v) is 19.3. The van der Waals surface area contributed by atoms with Crippen LogP contribution in [0.1, 0.15) is 6.92 Å². The standard InChI is InChI=1S/C23H22ClNO6S/c1-16(31-19-9-7-8-18(15-19)29-2)23(26)25(17-12-13-22(30-3)21(24)14-17)32(27,28)20-10-5-4-6-11-20/h4-16H,1-3H3. The quantitative estimate of drug-likeness (QED) is 0.475. The third kappa shape index (κ3) is 4.98. The van der Waals surface area contributed by atoms with E-state index in [9.17, 15) is 13.2 Å². The molecule has 3 aromatic carbocycles. The summed E-state index contributed by atoms with van der Waals surface area (Å²) >= 11 is 6.21. The smallest absolute Gasteiger partial charge is 0.281 e. The Hall–Kier alpha value is -3.23. The summed E-state index contributed by atoms with van der Waals surface area (Å²) in [4.78, 5) is 13.4. The highest BCUT2D eigenvalue weighted by atomic mass is 35.5. The fraction of sp³-hybridized carbons (Fsp3) is 0.174. The lowest BCUT2D eigenvalue weighted by Gasteiger charge is -2.26. The highest BCUT2D eigenvalue weighted by molar-refractivity contribution is 7.93. The number of hydrogen-bond acceptors (Lipinski definition) is 6. The summed E-state index contributed by atoms with van der Waals surface area (Å²) in [5, 5.41) is 0.160. The first-order valence-electron chi connectivity index (χ1n) is 9.56. The Morgan fingerprint density at radius 3 is 2.22 bits per heavy atom. The molecular weight excluding hydrogens is 454 g/mol. The summed E-state index contributed by atoms with van der Waals surface area (Å²) in [5.41, 5.74) is 0.0609. The highest BCUT2D eigenvalue weighted by Crippen LogP contribution is 2.33. The van der Waals surface area contributed by atoms with Crippen molar-refractivity contribution in [1.82, 2.24) is 0 Å². The number of halogens is 1. The molecule has 0 bridgehead atoms. The normalized spacial score (nSPS) is 12.0. The van der Waals surface area contributed by atoms with Gasteiger partial charge in [0.05, 0.1) is 29.8 Å². The second-order valence-electron chi connectivity index (χ2n) is 6.68. The molecule has 0 radical (unpaired) electrons. The maximum Gasteiger partial charge on any atom is 0.281 e. The van der Waals surface area contributed by atoms with E-state index >= 15 is 0 Å². The average Bonchev–Trinajstić information content (AvgIpc) is 2.79. The number of nitrogens with zero attached hydrogens (tertiary/aromatic N) is 1. The van der Waals surface area contributed by atoms with Crippen LogP contribution in [-0.4, -0.2) is 34.6 Å². The first-order valence-corrected chi connectivity index (χ1v) is 11.4. The minimum absolute atomic E-state index is 0.0473. The molecule has 0 saturated heterocycles. The third-order valence-corrected chi connectivity index (χ3v) is 6.59. The number of ether oxygens (including phenoxy) is 3. The van der Waals surface area contributed by atoms with Crippen molar-refractivity contribution in [1.29, 1.82) is 0 Å². The van der Waals surface area contributed by atoms with Crippen molar-refractivity contribution in [3.8, 4) is 17.2 Å². The first kappa shape index (κ1) is 23.4. The van der Waals surface area contributed by atoms with Crippen LogP contribution >= 0.6 is 11.6 Å². The van der Waals surface area contributed by atoms with Gasteiger partial charge in [-0.3, -0.25) is 4.79 Å². The molecule has 168 valence electrons. The minimum Gasteiger partial charge on any atom is -0.497 e. The van der Waals surface area contributed by atoms with Crippen molar-refractivity contribution in [3.63, 3.8) is 0 Å². The number of methoxy groups -OCH3 is 2. The molecule has 0 heterocycles. The molecule has 0 aliphatic carbocycles. The van der Waals surface area contributed by atoms with Crippen LogP contribution in [0.15, 0.2) is 77.7 Å². The van der Waals surface area contributed by atoms with E-state index in [1.165, 1.54) is 51.5 Å². The molecule has 3 rings (SSSR count). The first-order chi connectivity index (χ1) is 15.3. The predicted octanol–water partition coefficient (Wildman–Crippen LogP) is 4.55. The largest absolute Gasteiger partial charge is 0.497 e. The van der Waals surface area contributed by atoms with Gasteiger partial charge < -0.3 is 14.2 Å². The SMILES string of the molecule is COc1cccc(OC(C)C(=O)N(c2ccc(OC)c(Cl)c2)S(=O)(=O)c2ccccc2)c1. The Morgan fingerprint density at radius 1 is 0.906 bits per heavy atom. The second-order valence-corrected chi connectivity index (χ2v) is 8.87. The minimum atomic E-state index is -4.26. The summed E-state index contributed by atoms with van der Waals surface area (Å²) in [7, 11) is -1.31. The fourth-order valence-corrected chi connectivity index (χ4v) is 4.70. The van der Waals surface area contributed by atoms with Gasteiger partial charge >= 0.3 is 0 Å². The molecule has 9 heteroatoms. The summed E-state index contributed by atoms with van der Waals surface area (Å²) in [6.45, 7) is 1.47. The average molecular weight is 476 g/mol. The Labute approximate surface area is 192 Å². The van der Waals surface area contributed by atoms with Crippen molar-refractivity contribution >= 4 is 33.2 Å². The second kappa shape index (κ2) is 9.93.